The third-order valence-electron chi connectivity index (χ3n) is 5.41. The summed E-state index contributed by atoms with van der Waals surface area (Å²) in [4.78, 5) is 11.2. The number of pyridine rings is 2. The van der Waals surface area contributed by atoms with Crippen molar-refractivity contribution in [3.05, 3.63) is 66.7 Å². The largest absolute Gasteiger partial charge is 0.294 e. The van der Waals surface area contributed by atoms with Crippen LogP contribution in [0.15, 0.2) is 66.0 Å². The van der Waals surface area contributed by atoms with Gasteiger partial charge in [-0.3, -0.25) is 14.9 Å². The summed E-state index contributed by atoms with van der Waals surface area (Å²) in [7, 11) is -3.56. The van der Waals surface area contributed by atoms with Gasteiger partial charge in [0.05, 0.1) is 10.6 Å². The van der Waals surface area contributed by atoms with Crippen LogP contribution in [0.4, 0.5) is 0 Å². The van der Waals surface area contributed by atoms with Crippen LogP contribution in [0.3, 0.4) is 0 Å². The fourth-order valence-corrected chi connectivity index (χ4v) is 5.49. The lowest BCUT2D eigenvalue weighted by Crippen LogP contribution is -2.36. The van der Waals surface area contributed by atoms with Gasteiger partial charge < -0.3 is 0 Å². The zero-order chi connectivity index (χ0) is 19.6. The molecule has 3 heterocycles. The minimum absolute atomic E-state index is 0.160. The van der Waals surface area contributed by atoms with Crippen LogP contribution in [0, 0.1) is 0 Å². The Hall–Kier alpha value is -2.35. The summed E-state index contributed by atoms with van der Waals surface area (Å²) in [6.45, 7) is 4.66. The average Bonchev–Trinajstić information content (AvgIpc) is 3.00. The van der Waals surface area contributed by atoms with Crippen molar-refractivity contribution >= 4 is 20.8 Å². The van der Waals surface area contributed by atoms with E-state index in [1.807, 2.05) is 24.3 Å². The molecule has 28 heavy (non-hydrogen) atoms. The van der Waals surface area contributed by atoms with Crippen LogP contribution in [-0.2, 0) is 10.0 Å². The molecule has 0 radical (unpaired) electrons. The molecule has 0 spiro atoms. The first kappa shape index (κ1) is 19.0. The highest BCUT2D eigenvalue weighted by atomic mass is 32.2. The summed E-state index contributed by atoms with van der Waals surface area (Å²) in [5, 5.41) is 1.56. The third-order valence-corrected chi connectivity index (χ3v) is 7.37. The van der Waals surface area contributed by atoms with Crippen molar-refractivity contribution in [2.75, 3.05) is 26.2 Å². The first-order valence-electron chi connectivity index (χ1n) is 9.55. The van der Waals surface area contributed by atoms with E-state index in [1.165, 1.54) is 0 Å². The summed E-state index contributed by atoms with van der Waals surface area (Å²) < 4.78 is 28.4. The van der Waals surface area contributed by atoms with Gasteiger partial charge in [-0.05, 0) is 37.6 Å². The average molecular weight is 397 g/mol. The van der Waals surface area contributed by atoms with Gasteiger partial charge in [0.15, 0.2) is 0 Å². The molecule has 0 amide bonds. The second-order valence-electron chi connectivity index (χ2n) is 7.08. The maximum atomic E-state index is 13.4. The number of sulfonamides is 1. The van der Waals surface area contributed by atoms with Crippen LogP contribution < -0.4 is 0 Å². The molecule has 146 valence electrons. The predicted molar refractivity (Wildman–Crippen MR) is 109 cm³/mol. The predicted octanol–water partition coefficient (Wildman–Crippen LogP) is 3.09. The lowest BCUT2D eigenvalue weighted by molar-refractivity contribution is 0.218. The number of rotatable bonds is 4. The molecule has 4 rings (SSSR count). The molecule has 0 saturated carbocycles. The van der Waals surface area contributed by atoms with Gasteiger partial charge in [-0.2, -0.15) is 4.31 Å². The van der Waals surface area contributed by atoms with E-state index in [-0.39, 0.29) is 6.04 Å². The molecule has 1 saturated heterocycles. The van der Waals surface area contributed by atoms with Gasteiger partial charge in [-0.1, -0.05) is 18.2 Å². The molecule has 3 aromatic rings. The van der Waals surface area contributed by atoms with E-state index in [1.54, 1.807) is 41.1 Å². The molecule has 0 unspecified atom stereocenters. The van der Waals surface area contributed by atoms with Gasteiger partial charge in [0.25, 0.3) is 0 Å². The van der Waals surface area contributed by atoms with Gasteiger partial charge in [-0.25, -0.2) is 8.42 Å². The second kappa shape index (κ2) is 7.95. The molecule has 1 aromatic carbocycles. The van der Waals surface area contributed by atoms with E-state index in [9.17, 15) is 8.42 Å². The van der Waals surface area contributed by atoms with Crippen LogP contribution in [0.1, 0.15) is 25.1 Å². The first-order valence-corrected chi connectivity index (χ1v) is 11.0. The zero-order valence-electron chi connectivity index (χ0n) is 15.9. The van der Waals surface area contributed by atoms with Crippen LogP contribution >= 0.6 is 0 Å². The third kappa shape index (κ3) is 3.65. The highest BCUT2D eigenvalue weighted by molar-refractivity contribution is 7.89. The molecule has 6 nitrogen and oxygen atoms in total. The van der Waals surface area contributed by atoms with Crippen LogP contribution in [-0.4, -0.2) is 53.8 Å². The van der Waals surface area contributed by atoms with Crippen LogP contribution in [0.2, 0.25) is 0 Å². The van der Waals surface area contributed by atoms with E-state index in [0.717, 1.165) is 29.4 Å². The number of hydrogen-bond acceptors (Lipinski definition) is 5. The highest BCUT2D eigenvalue weighted by Gasteiger charge is 2.29. The van der Waals surface area contributed by atoms with Gasteiger partial charge in [0.1, 0.15) is 0 Å². The van der Waals surface area contributed by atoms with Crippen molar-refractivity contribution in [1.29, 1.82) is 0 Å². The molecule has 2 aromatic heterocycles. The van der Waals surface area contributed by atoms with Crippen molar-refractivity contribution in [3.8, 4) is 0 Å². The Morgan fingerprint density at radius 1 is 0.964 bits per heavy atom. The SMILES string of the molecule is C[C@H](c1ccccn1)N1CCCN(S(=O)(=O)c2cccc3cnccc23)CC1. The number of nitrogens with zero attached hydrogens (tertiary/aromatic N) is 4. The summed E-state index contributed by atoms with van der Waals surface area (Å²) in [6.07, 6.45) is 5.94. The smallest absolute Gasteiger partial charge is 0.243 e. The van der Waals surface area contributed by atoms with E-state index in [2.05, 4.69) is 21.8 Å². The van der Waals surface area contributed by atoms with E-state index in [0.29, 0.717) is 24.5 Å². The van der Waals surface area contributed by atoms with Crippen molar-refractivity contribution in [3.63, 3.8) is 0 Å². The van der Waals surface area contributed by atoms with Gasteiger partial charge in [0.2, 0.25) is 10.0 Å². The van der Waals surface area contributed by atoms with E-state index >= 15 is 0 Å². The Balaban J connectivity index is 1.57. The maximum Gasteiger partial charge on any atom is 0.243 e. The molecular formula is C21H24N4O2S. The summed E-state index contributed by atoms with van der Waals surface area (Å²) in [5.41, 5.74) is 1.01. The number of benzene rings is 1. The molecule has 1 aliphatic rings. The Labute approximate surface area is 165 Å². The molecule has 1 atom stereocenters. The Kier molecular flexibility index (Phi) is 5.39. The first-order chi connectivity index (χ1) is 13.6. The standard InChI is InChI=1S/C21H24N4O2S/c1-17(20-7-2-3-10-23-20)24-12-5-13-25(15-14-24)28(26,27)21-8-4-6-18-16-22-11-9-19(18)21/h2-4,6-11,16-17H,5,12-15H2,1H3/t17-/m1/s1. The molecular weight excluding hydrogens is 372 g/mol. The highest BCUT2D eigenvalue weighted by Crippen LogP contribution is 2.27. The minimum Gasteiger partial charge on any atom is -0.294 e. The van der Waals surface area contributed by atoms with Crippen molar-refractivity contribution < 1.29 is 8.42 Å². The van der Waals surface area contributed by atoms with Crippen molar-refractivity contribution in [1.82, 2.24) is 19.2 Å². The van der Waals surface area contributed by atoms with E-state index < -0.39 is 10.0 Å². The maximum absolute atomic E-state index is 13.4. The van der Waals surface area contributed by atoms with Crippen molar-refractivity contribution in [2.45, 2.75) is 24.3 Å². The van der Waals surface area contributed by atoms with Gasteiger partial charge in [-0.15, -0.1) is 0 Å². The molecule has 1 aliphatic heterocycles. The van der Waals surface area contributed by atoms with Gasteiger partial charge >= 0.3 is 0 Å². The number of aromatic nitrogens is 2. The summed E-state index contributed by atoms with van der Waals surface area (Å²) in [5.74, 6) is 0. The fourth-order valence-electron chi connectivity index (χ4n) is 3.81. The van der Waals surface area contributed by atoms with Crippen LogP contribution in [0.5, 0.6) is 0 Å². The van der Waals surface area contributed by atoms with E-state index in [4.69, 9.17) is 0 Å². The zero-order valence-corrected chi connectivity index (χ0v) is 16.7. The second-order valence-corrected chi connectivity index (χ2v) is 8.98. The Morgan fingerprint density at radius 3 is 2.68 bits per heavy atom. The molecule has 0 aliphatic carbocycles. The fraction of sp³-hybridized carbons (Fsp3) is 0.333. The molecule has 0 N–H and O–H groups in total. The Bertz CT molecular complexity index is 1050. The number of fused-ring (bicyclic) bond motifs is 1. The molecule has 7 heteroatoms. The normalized spacial score (nSPS) is 18.0. The molecule has 1 fully saturated rings. The van der Waals surface area contributed by atoms with Crippen molar-refractivity contribution in [2.24, 2.45) is 0 Å². The number of hydrogen-bond donors (Lipinski definition) is 0. The minimum atomic E-state index is -3.56. The van der Waals surface area contributed by atoms with Gasteiger partial charge in [0, 0.05) is 61.6 Å². The molecule has 0 bridgehead atoms. The Morgan fingerprint density at radius 2 is 1.86 bits per heavy atom. The topological polar surface area (TPSA) is 66.4 Å². The lowest BCUT2D eigenvalue weighted by atomic mass is 10.2. The quantitative estimate of drug-likeness (QED) is 0.678. The summed E-state index contributed by atoms with van der Waals surface area (Å²) >= 11 is 0. The monoisotopic (exact) mass is 396 g/mol. The lowest BCUT2D eigenvalue weighted by Gasteiger charge is -2.27. The summed E-state index contributed by atoms with van der Waals surface area (Å²) in [6, 6.07) is 13.2. The van der Waals surface area contributed by atoms with Crippen LogP contribution in [0.25, 0.3) is 10.8 Å².